The quantitative estimate of drug-likeness (QED) is 0.0857. The van der Waals surface area contributed by atoms with E-state index in [2.05, 4.69) is 13.8 Å². The Hall–Kier alpha value is -0.0800. The van der Waals surface area contributed by atoms with E-state index in [4.69, 9.17) is 0 Å². The number of nitrogens with zero attached hydrogens (tertiary/aromatic N) is 1. The van der Waals surface area contributed by atoms with Crippen LogP contribution >= 0.6 is 0 Å². The van der Waals surface area contributed by atoms with E-state index in [1.165, 1.54) is 141 Å². The van der Waals surface area contributed by atoms with Crippen LogP contribution in [0, 0.1) is 11.1 Å². The number of quaternary nitrogens is 1. The molecule has 0 aromatic rings. The summed E-state index contributed by atoms with van der Waals surface area (Å²) in [7, 11) is 3.64. The molecule has 0 aliphatic heterocycles. The van der Waals surface area contributed by atoms with Crippen molar-refractivity contribution in [3.63, 3.8) is 0 Å². The number of unbranched alkanes of at least 4 members (excludes halogenated alkanes) is 18. The van der Waals surface area contributed by atoms with Crippen molar-refractivity contribution in [2.75, 3.05) is 20.6 Å². The highest BCUT2D eigenvalue weighted by Crippen LogP contribution is 2.22. The second-order valence-electron chi connectivity index (χ2n) is 10.6. The van der Waals surface area contributed by atoms with E-state index in [1.807, 2.05) is 14.1 Å². The average Bonchev–Trinajstić information content (AvgIpc) is 2.69. The van der Waals surface area contributed by atoms with Gasteiger partial charge in [0.25, 0.3) is 0 Å². The van der Waals surface area contributed by atoms with E-state index < -0.39 is 0 Å². The van der Waals surface area contributed by atoms with Gasteiger partial charge in [-0.05, 0) is 12.8 Å². The molecule has 2 heteroatoms. The summed E-state index contributed by atoms with van der Waals surface area (Å²) >= 11 is 0. The smallest absolute Gasteiger partial charge is 0.0808 e. The van der Waals surface area contributed by atoms with Gasteiger partial charge in [-0.15, -0.1) is 0 Å². The molecule has 0 aliphatic rings. The lowest BCUT2D eigenvalue weighted by atomic mass is 9.93. The van der Waals surface area contributed by atoms with Gasteiger partial charge < -0.3 is 9.85 Å². The van der Waals surface area contributed by atoms with E-state index in [9.17, 15) is 5.21 Å². The third-order valence-corrected chi connectivity index (χ3v) is 6.63. The Kier molecular flexibility index (Phi) is 22.1. The maximum absolute atomic E-state index is 12.2. The maximum atomic E-state index is 12.2. The minimum Gasteiger partial charge on any atom is -0.633 e. The lowest BCUT2D eigenvalue weighted by Crippen LogP contribution is -2.37. The van der Waals surface area contributed by atoms with Gasteiger partial charge in [-0.2, -0.15) is 0 Å². The van der Waals surface area contributed by atoms with E-state index in [0.717, 1.165) is 6.54 Å². The van der Waals surface area contributed by atoms with Crippen LogP contribution in [-0.2, 0) is 0 Å². The van der Waals surface area contributed by atoms with E-state index >= 15 is 0 Å². The highest BCUT2D eigenvalue weighted by Gasteiger charge is 2.15. The summed E-state index contributed by atoms with van der Waals surface area (Å²) in [5.74, 6) is 0.640. The molecule has 0 aromatic carbocycles. The minimum absolute atomic E-state index is 0.112. The van der Waals surface area contributed by atoms with Crippen LogP contribution in [-0.4, -0.2) is 25.3 Å². The Labute approximate surface area is 191 Å². The van der Waals surface area contributed by atoms with Crippen molar-refractivity contribution in [3.8, 4) is 0 Å². The third-order valence-electron chi connectivity index (χ3n) is 6.63. The SMILES string of the molecule is CCCCCCCCCCCCCCCCC(CCCCCCCC)C[N+](C)(C)[O-]. The Bertz CT molecular complexity index is 323. The molecule has 0 bridgehead atoms. The van der Waals surface area contributed by atoms with Gasteiger partial charge in [0.15, 0.2) is 0 Å². The zero-order valence-corrected chi connectivity index (χ0v) is 21.7. The summed E-state index contributed by atoms with van der Waals surface area (Å²) in [5.41, 5.74) is 0. The molecular weight excluding hydrogens is 366 g/mol. The molecule has 0 heterocycles. The van der Waals surface area contributed by atoms with Gasteiger partial charge in [0.05, 0.1) is 20.6 Å². The maximum Gasteiger partial charge on any atom is 0.0808 e. The van der Waals surface area contributed by atoms with Crippen LogP contribution in [0.4, 0.5) is 0 Å². The van der Waals surface area contributed by atoms with Gasteiger partial charge in [0, 0.05) is 5.92 Å². The number of rotatable bonds is 24. The number of hydrogen-bond donors (Lipinski definition) is 0. The van der Waals surface area contributed by atoms with Gasteiger partial charge in [0.2, 0.25) is 0 Å². The van der Waals surface area contributed by atoms with Crippen LogP contribution in [0.2, 0.25) is 0 Å². The molecule has 0 saturated carbocycles. The minimum atomic E-state index is -0.112. The predicted octanol–water partition coefficient (Wildman–Crippen LogP) is 9.80. The molecular formula is C28H59NO. The number of hydroxylamine groups is 3. The summed E-state index contributed by atoms with van der Waals surface area (Å²) < 4.78 is -0.112. The first-order chi connectivity index (χ1) is 14.5. The number of hydrogen-bond acceptors (Lipinski definition) is 1. The van der Waals surface area contributed by atoms with Gasteiger partial charge in [-0.25, -0.2) is 0 Å². The van der Waals surface area contributed by atoms with Crippen LogP contribution in [0.5, 0.6) is 0 Å². The zero-order valence-electron chi connectivity index (χ0n) is 21.7. The zero-order chi connectivity index (χ0) is 22.3. The van der Waals surface area contributed by atoms with Gasteiger partial charge in [-0.1, -0.05) is 142 Å². The fraction of sp³-hybridized carbons (Fsp3) is 1.00. The molecule has 0 fully saturated rings. The largest absolute Gasteiger partial charge is 0.633 e. The lowest BCUT2D eigenvalue weighted by Gasteiger charge is -2.37. The topological polar surface area (TPSA) is 23.1 Å². The van der Waals surface area contributed by atoms with Crippen molar-refractivity contribution in [1.82, 2.24) is 0 Å². The van der Waals surface area contributed by atoms with E-state index in [0.29, 0.717) is 5.92 Å². The summed E-state index contributed by atoms with van der Waals surface area (Å²) in [6.45, 7) is 5.38. The van der Waals surface area contributed by atoms with E-state index in [-0.39, 0.29) is 4.65 Å². The first-order valence-corrected chi connectivity index (χ1v) is 14.0. The molecule has 0 spiro atoms. The molecule has 0 rings (SSSR count). The molecule has 1 atom stereocenters. The summed E-state index contributed by atoms with van der Waals surface area (Å²) in [6.07, 6.45) is 30.6. The van der Waals surface area contributed by atoms with Crippen molar-refractivity contribution in [2.45, 2.75) is 155 Å². The highest BCUT2D eigenvalue weighted by atomic mass is 16.5. The molecule has 0 radical (unpaired) electrons. The molecule has 0 N–H and O–H groups in total. The Balaban J connectivity index is 3.59. The molecule has 0 aliphatic carbocycles. The van der Waals surface area contributed by atoms with Crippen molar-refractivity contribution < 1.29 is 4.65 Å². The van der Waals surface area contributed by atoms with Gasteiger partial charge in [0.1, 0.15) is 0 Å². The van der Waals surface area contributed by atoms with Crippen LogP contribution in [0.25, 0.3) is 0 Å². The monoisotopic (exact) mass is 425 g/mol. The molecule has 0 saturated heterocycles. The van der Waals surface area contributed by atoms with Gasteiger partial charge in [-0.3, -0.25) is 0 Å². The fourth-order valence-electron chi connectivity index (χ4n) is 4.79. The molecule has 2 nitrogen and oxygen atoms in total. The molecule has 1 unspecified atom stereocenters. The third kappa shape index (κ3) is 24.2. The second-order valence-corrected chi connectivity index (χ2v) is 10.6. The second kappa shape index (κ2) is 22.1. The summed E-state index contributed by atoms with van der Waals surface area (Å²) in [4.78, 5) is 0. The molecule has 30 heavy (non-hydrogen) atoms. The van der Waals surface area contributed by atoms with Crippen molar-refractivity contribution in [1.29, 1.82) is 0 Å². The molecule has 0 aromatic heterocycles. The first-order valence-electron chi connectivity index (χ1n) is 14.0. The van der Waals surface area contributed by atoms with Crippen molar-refractivity contribution >= 4 is 0 Å². The standard InChI is InChI=1S/C28H59NO/c1-5-7-9-11-13-14-15-16-17-18-19-20-22-24-26-28(27-29(3,4)30)25-23-21-12-10-8-6-2/h28H,5-27H2,1-4H3. The predicted molar refractivity (Wildman–Crippen MR) is 137 cm³/mol. The van der Waals surface area contributed by atoms with Crippen LogP contribution in [0.1, 0.15) is 155 Å². The van der Waals surface area contributed by atoms with Crippen molar-refractivity contribution in [3.05, 3.63) is 5.21 Å². The molecule has 182 valence electrons. The van der Waals surface area contributed by atoms with Crippen molar-refractivity contribution in [2.24, 2.45) is 5.92 Å². The lowest BCUT2D eigenvalue weighted by molar-refractivity contribution is -0.843. The van der Waals surface area contributed by atoms with Gasteiger partial charge >= 0.3 is 0 Å². The van der Waals surface area contributed by atoms with Crippen LogP contribution in [0.3, 0.4) is 0 Å². The first kappa shape index (κ1) is 29.9. The average molecular weight is 426 g/mol. The molecule has 0 amide bonds. The Morgan fingerprint density at radius 2 is 0.733 bits per heavy atom. The summed E-state index contributed by atoms with van der Waals surface area (Å²) in [6, 6.07) is 0. The Morgan fingerprint density at radius 3 is 1.00 bits per heavy atom. The van der Waals surface area contributed by atoms with Crippen LogP contribution < -0.4 is 0 Å². The Morgan fingerprint density at radius 1 is 0.467 bits per heavy atom. The normalized spacial score (nSPS) is 13.1. The van der Waals surface area contributed by atoms with E-state index in [1.54, 1.807) is 0 Å². The van der Waals surface area contributed by atoms with Crippen LogP contribution in [0.15, 0.2) is 0 Å². The fourth-order valence-corrected chi connectivity index (χ4v) is 4.79. The highest BCUT2D eigenvalue weighted by molar-refractivity contribution is 4.61. The summed E-state index contributed by atoms with van der Waals surface area (Å²) in [5, 5.41) is 12.2.